The third-order valence-corrected chi connectivity index (χ3v) is 3.80. The van der Waals surface area contributed by atoms with E-state index in [0.717, 1.165) is 9.75 Å². The minimum Gasteiger partial charge on any atom is -0.506 e. The second-order valence-corrected chi connectivity index (χ2v) is 5.40. The lowest BCUT2D eigenvalue weighted by Gasteiger charge is -1.99. The van der Waals surface area contributed by atoms with Crippen molar-refractivity contribution in [2.75, 3.05) is 0 Å². The molecule has 0 amide bonds. The number of thiophene rings is 1. The van der Waals surface area contributed by atoms with Crippen molar-refractivity contribution in [1.29, 1.82) is 0 Å². The van der Waals surface area contributed by atoms with Crippen molar-refractivity contribution < 1.29 is 15.0 Å². The van der Waals surface area contributed by atoms with Crippen LogP contribution in [0.25, 0.3) is 16.2 Å². The van der Waals surface area contributed by atoms with Crippen molar-refractivity contribution in [3.8, 4) is 16.5 Å². The van der Waals surface area contributed by atoms with Gasteiger partial charge in [0.1, 0.15) is 11.3 Å². The number of hydrogen-bond acceptors (Lipinski definition) is 4. The SMILES string of the molecule is Cc1ccc(-c2nc(C(=O)O)c3c(O)cccn23)s1. The van der Waals surface area contributed by atoms with Gasteiger partial charge in [-0.1, -0.05) is 0 Å². The number of carbonyl (C=O) groups is 1. The van der Waals surface area contributed by atoms with Gasteiger partial charge in [-0.05, 0) is 31.2 Å². The fourth-order valence-electron chi connectivity index (χ4n) is 2.00. The second-order valence-electron chi connectivity index (χ2n) is 4.11. The summed E-state index contributed by atoms with van der Waals surface area (Å²) in [5.74, 6) is -0.716. The minimum absolute atomic E-state index is 0.0908. The van der Waals surface area contributed by atoms with Gasteiger partial charge in [-0.2, -0.15) is 0 Å². The van der Waals surface area contributed by atoms with E-state index in [1.54, 1.807) is 16.7 Å². The zero-order valence-corrected chi connectivity index (χ0v) is 10.8. The fourth-order valence-corrected chi connectivity index (χ4v) is 2.85. The first-order valence-electron chi connectivity index (χ1n) is 5.58. The molecular formula is C13H10N2O3S. The standard InChI is InChI=1S/C13H10N2O3S/c1-7-4-5-9(19-7)12-14-10(13(17)18)11-8(16)3-2-6-15(11)12/h2-6,16H,1H3,(H,17,18). The van der Waals surface area contributed by atoms with E-state index in [1.807, 2.05) is 19.1 Å². The maximum absolute atomic E-state index is 11.2. The van der Waals surface area contributed by atoms with Gasteiger partial charge in [-0.25, -0.2) is 9.78 Å². The molecule has 0 fully saturated rings. The molecule has 6 heteroatoms. The van der Waals surface area contributed by atoms with Crippen LogP contribution < -0.4 is 0 Å². The molecule has 0 atom stereocenters. The highest BCUT2D eigenvalue weighted by molar-refractivity contribution is 7.15. The molecule has 0 aliphatic carbocycles. The van der Waals surface area contributed by atoms with Crippen molar-refractivity contribution in [1.82, 2.24) is 9.38 Å². The van der Waals surface area contributed by atoms with E-state index < -0.39 is 5.97 Å². The Morgan fingerprint density at radius 2 is 2.16 bits per heavy atom. The lowest BCUT2D eigenvalue weighted by atomic mass is 10.3. The third kappa shape index (κ3) is 1.77. The van der Waals surface area contributed by atoms with Crippen molar-refractivity contribution in [3.63, 3.8) is 0 Å². The quantitative estimate of drug-likeness (QED) is 0.753. The Labute approximate surface area is 112 Å². The number of fused-ring (bicyclic) bond motifs is 1. The van der Waals surface area contributed by atoms with Crippen molar-refractivity contribution in [2.45, 2.75) is 6.92 Å². The van der Waals surface area contributed by atoms with Gasteiger partial charge in [0.15, 0.2) is 11.5 Å². The molecule has 0 radical (unpaired) electrons. The first-order valence-corrected chi connectivity index (χ1v) is 6.39. The molecule has 0 spiro atoms. The largest absolute Gasteiger partial charge is 0.506 e. The monoisotopic (exact) mass is 274 g/mol. The first kappa shape index (κ1) is 11.7. The summed E-state index contributed by atoms with van der Waals surface area (Å²) in [6.07, 6.45) is 1.69. The van der Waals surface area contributed by atoms with Gasteiger partial charge in [-0.15, -0.1) is 11.3 Å². The van der Waals surface area contributed by atoms with E-state index in [2.05, 4.69) is 4.98 Å². The summed E-state index contributed by atoms with van der Waals surface area (Å²) in [5.41, 5.74) is 0.0789. The number of rotatable bonds is 2. The van der Waals surface area contributed by atoms with Crippen LogP contribution in [0.3, 0.4) is 0 Å². The maximum atomic E-state index is 11.2. The maximum Gasteiger partial charge on any atom is 0.356 e. The second kappa shape index (κ2) is 4.10. The predicted octanol–water partition coefficient (Wildman–Crippen LogP) is 2.78. The van der Waals surface area contributed by atoms with Crippen LogP contribution >= 0.6 is 11.3 Å². The molecule has 3 aromatic rings. The number of aromatic hydroxyl groups is 1. The Hall–Kier alpha value is -2.34. The number of carboxylic acids is 1. The van der Waals surface area contributed by atoms with E-state index in [0.29, 0.717) is 5.82 Å². The summed E-state index contributed by atoms with van der Waals surface area (Å²) in [6.45, 7) is 1.97. The van der Waals surface area contributed by atoms with Gasteiger partial charge in [-0.3, -0.25) is 4.40 Å². The molecule has 0 aliphatic rings. The predicted molar refractivity (Wildman–Crippen MR) is 71.9 cm³/mol. The zero-order chi connectivity index (χ0) is 13.6. The van der Waals surface area contributed by atoms with Crippen molar-refractivity contribution in [3.05, 3.63) is 41.0 Å². The zero-order valence-electron chi connectivity index (χ0n) is 9.99. The number of imidazole rings is 1. The molecule has 3 aromatic heterocycles. The average molecular weight is 274 g/mol. The molecular weight excluding hydrogens is 264 g/mol. The van der Waals surface area contributed by atoms with Crippen LogP contribution in [0, 0.1) is 6.92 Å². The van der Waals surface area contributed by atoms with Gasteiger partial charge < -0.3 is 10.2 Å². The van der Waals surface area contributed by atoms with Crippen molar-refractivity contribution in [2.24, 2.45) is 0 Å². The fraction of sp³-hybridized carbons (Fsp3) is 0.0769. The highest BCUT2D eigenvalue weighted by Crippen LogP contribution is 2.31. The molecule has 0 saturated carbocycles. The Morgan fingerprint density at radius 3 is 2.79 bits per heavy atom. The van der Waals surface area contributed by atoms with E-state index in [4.69, 9.17) is 0 Å². The number of aryl methyl sites for hydroxylation is 1. The Bertz CT molecular complexity index is 788. The summed E-state index contributed by atoms with van der Waals surface area (Å²) in [4.78, 5) is 17.4. The Balaban J connectivity index is 2.38. The summed E-state index contributed by atoms with van der Waals surface area (Å²) >= 11 is 1.53. The van der Waals surface area contributed by atoms with Crippen LogP contribution in [-0.4, -0.2) is 25.6 Å². The van der Waals surface area contributed by atoms with Crippen molar-refractivity contribution >= 4 is 22.8 Å². The molecule has 3 heterocycles. The number of pyridine rings is 1. The van der Waals surface area contributed by atoms with Gasteiger partial charge >= 0.3 is 5.97 Å². The average Bonchev–Trinajstić information content (AvgIpc) is 2.93. The number of carboxylic acid groups (broad SMARTS) is 1. The summed E-state index contributed by atoms with van der Waals surface area (Å²) in [5, 5.41) is 19.0. The smallest absolute Gasteiger partial charge is 0.356 e. The number of hydrogen-bond donors (Lipinski definition) is 2. The van der Waals surface area contributed by atoms with E-state index >= 15 is 0 Å². The molecule has 96 valence electrons. The number of aromatic nitrogens is 2. The summed E-state index contributed by atoms with van der Waals surface area (Å²) < 4.78 is 1.60. The normalized spacial score (nSPS) is 11.0. The third-order valence-electron chi connectivity index (χ3n) is 2.81. The number of nitrogens with zero attached hydrogens (tertiary/aromatic N) is 2. The van der Waals surface area contributed by atoms with E-state index in [-0.39, 0.29) is 17.0 Å². The van der Waals surface area contributed by atoms with Crippen LogP contribution in [0.1, 0.15) is 15.4 Å². The first-order chi connectivity index (χ1) is 9.08. The van der Waals surface area contributed by atoms with E-state index in [1.165, 1.54) is 17.4 Å². The minimum atomic E-state index is -1.15. The summed E-state index contributed by atoms with van der Waals surface area (Å²) in [6, 6.07) is 6.95. The Kier molecular flexibility index (Phi) is 2.53. The highest BCUT2D eigenvalue weighted by Gasteiger charge is 2.20. The molecule has 19 heavy (non-hydrogen) atoms. The van der Waals surface area contributed by atoms with E-state index in [9.17, 15) is 15.0 Å². The molecule has 3 rings (SSSR count). The van der Waals surface area contributed by atoms with Gasteiger partial charge in [0.25, 0.3) is 0 Å². The lowest BCUT2D eigenvalue weighted by Crippen LogP contribution is -1.97. The Morgan fingerprint density at radius 1 is 1.37 bits per heavy atom. The highest BCUT2D eigenvalue weighted by atomic mass is 32.1. The lowest BCUT2D eigenvalue weighted by molar-refractivity contribution is 0.0693. The van der Waals surface area contributed by atoms with Crippen LogP contribution in [0.15, 0.2) is 30.5 Å². The van der Waals surface area contributed by atoms with Gasteiger partial charge in [0.2, 0.25) is 0 Å². The molecule has 0 bridgehead atoms. The molecule has 0 saturated heterocycles. The molecule has 0 unspecified atom stereocenters. The summed E-state index contributed by atoms with van der Waals surface area (Å²) in [7, 11) is 0. The molecule has 5 nitrogen and oxygen atoms in total. The van der Waals surface area contributed by atoms with Gasteiger partial charge in [0.05, 0.1) is 4.88 Å². The van der Waals surface area contributed by atoms with Crippen LogP contribution in [0.5, 0.6) is 5.75 Å². The van der Waals surface area contributed by atoms with Crippen LogP contribution in [0.2, 0.25) is 0 Å². The van der Waals surface area contributed by atoms with Crippen LogP contribution in [-0.2, 0) is 0 Å². The molecule has 0 aromatic carbocycles. The van der Waals surface area contributed by atoms with Crippen LogP contribution in [0.4, 0.5) is 0 Å². The molecule has 0 aliphatic heterocycles. The van der Waals surface area contributed by atoms with Gasteiger partial charge in [0, 0.05) is 11.1 Å². The number of aromatic carboxylic acids is 1. The topological polar surface area (TPSA) is 74.8 Å². The molecule has 2 N–H and O–H groups in total.